The first-order chi connectivity index (χ1) is 6.65. The maximum atomic E-state index is 10.6. The van der Waals surface area contributed by atoms with Crippen LogP contribution in [-0.2, 0) is 0 Å². The van der Waals surface area contributed by atoms with E-state index in [1.165, 1.54) is 0 Å². The molecular formula is C10H15BrN2O. The number of nitrogens with zero attached hydrogens (tertiary/aromatic N) is 2. The van der Waals surface area contributed by atoms with Crippen molar-refractivity contribution >= 4 is 15.9 Å². The maximum Gasteiger partial charge on any atom is 0.102 e. The summed E-state index contributed by atoms with van der Waals surface area (Å²) in [7, 11) is 4.07. The largest absolute Gasteiger partial charge is 0.309 e. The van der Waals surface area contributed by atoms with Gasteiger partial charge in [0.2, 0.25) is 0 Å². The highest BCUT2D eigenvalue weighted by Crippen LogP contribution is 2.31. The van der Waals surface area contributed by atoms with E-state index in [0.29, 0.717) is 5.70 Å². The molecule has 14 heavy (non-hydrogen) atoms. The Bertz CT molecular complexity index is 271. The van der Waals surface area contributed by atoms with E-state index in [0.717, 1.165) is 23.9 Å². The van der Waals surface area contributed by atoms with Gasteiger partial charge in [-0.3, -0.25) is 0 Å². The van der Waals surface area contributed by atoms with Gasteiger partial charge in [-0.2, -0.15) is 0 Å². The van der Waals surface area contributed by atoms with Crippen molar-refractivity contribution in [2.24, 2.45) is 11.1 Å². The molecule has 0 spiro atoms. The van der Waals surface area contributed by atoms with Gasteiger partial charge in [-0.05, 0) is 60.7 Å². The molecule has 0 aromatic carbocycles. The first-order valence-corrected chi connectivity index (χ1v) is 5.48. The zero-order chi connectivity index (χ0) is 10.6. The minimum Gasteiger partial charge on any atom is -0.309 e. The van der Waals surface area contributed by atoms with Crippen molar-refractivity contribution in [1.82, 2.24) is 4.90 Å². The van der Waals surface area contributed by atoms with E-state index >= 15 is 0 Å². The molecule has 1 rings (SSSR count). The second-order valence-corrected chi connectivity index (χ2v) is 4.61. The Kier molecular flexibility index (Phi) is 4.48. The Balaban J connectivity index is 2.62. The molecule has 0 bridgehead atoms. The number of halogens is 1. The van der Waals surface area contributed by atoms with Crippen molar-refractivity contribution in [3.05, 3.63) is 27.2 Å². The van der Waals surface area contributed by atoms with Crippen molar-refractivity contribution < 1.29 is 0 Å². The van der Waals surface area contributed by atoms with E-state index in [4.69, 9.17) is 0 Å². The molecule has 0 aliphatic heterocycles. The van der Waals surface area contributed by atoms with Crippen molar-refractivity contribution in [1.29, 1.82) is 0 Å². The molecule has 0 amide bonds. The molecule has 78 valence electrons. The fourth-order valence-corrected chi connectivity index (χ4v) is 2.10. The van der Waals surface area contributed by atoms with Crippen LogP contribution in [-0.4, -0.2) is 25.5 Å². The van der Waals surface area contributed by atoms with Crippen LogP contribution in [0.25, 0.3) is 0 Å². The summed E-state index contributed by atoms with van der Waals surface area (Å²) in [5, 5.41) is 3.10. The SMILES string of the molecule is CN(C)CCC1CC=CC(Br)=C1N=O. The second kappa shape index (κ2) is 5.41. The first kappa shape index (κ1) is 11.6. The maximum absolute atomic E-state index is 10.6. The number of nitroso groups, excluding NO2 is 1. The fraction of sp³-hybridized carbons (Fsp3) is 0.600. The zero-order valence-corrected chi connectivity index (χ0v) is 10.1. The van der Waals surface area contributed by atoms with Gasteiger partial charge < -0.3 is 4.90 Å². The van der Waals surface area contributed by atoms with Crippen molar-refractivity contribution in [3.8, 4) is 0 Å². The minimum absolute atomic E-state index is 0.272. The standard InChI is InChI=1S/C10H15BrN2O/c1-13(2)7-6-8-4-3-5-9(11)10(8)12-14/h3,5,8H,4,6-7H2,1-2H3. The molecule has 1 aliphatic carbocycles. The lowest BCUT2D eigenvalue weighted by atomic mass is 9.94. The van der Waals surface area contributed by atoms with E-state index in [-0.39, 0.29) is 5.92 Å². The van der Waals surface area contributed by atoms with Crippen molar-refractivity contribution in [2.75, 3.05) is 20.6 Å². The molecule has 0 radical (unpaired) electrons. The van der Waals surface area contributed by atoms with Gasteiger partial charge in [0.15, 0.2) is 0 Å². The Morgan fingerprint density at radius 3 is 2.93 bits per heavy atom. The lowest BCUT2D eigenvalue weighted by molar-refractivity contribution is 0.366. The number of allylic oxidation sites excluding steroid dienone is 4. The van der Waals surface area contributed by atoms with Gasteiger partial charge in [-0.15, -0.1) is 4.91 Å². The van der Waals surface area contributed by atoms with Crippen LogP contribution < -0.4 is 0 Å². The van der Waals surface area contributed by atoms with Gasteiger partial charge in [-0.1, -0.05) is 6.08 Å². The van der Waals surface area contributed by atoms with Gasteiger partial charge in [-0.25, -0.2) is 0 Å². The van der Waals surface area contributed by atoms with Gasteiger partial charge in [0.1, 0.15) is 5.70 Å². The van der Waals surface area contributed by atoms with Crippen LogP contribution in [0.5, 0.6) is 0 Å². The number of hydrogen-bond donors (Lipinski definition) is 0. The highest BCUT2D eigenvalue weighted by molar-refractivity contribution is 9.11. The normalized spacial score (nSPS) is 21.9. The lowest BCUT2D eigenvalue weighted by Gasteiger charge is -2.20. The van der Waals surface area contributed by atoms with Gasteiger partial charge in [0.25, 0.3) is 0 Å². The van der Waals surface area contributed by atoms with Crippen LogP contribution in [0.2, 0.25) is 0 Å². The molecule has 0 fully saturated rings. The third-order valence-electron chi connectivity index (χ3n) is 2.34. The topological polar surface area (TPSA) is 32.7 Å². The quantitative estimate of drug-likeness (QED) is 0.727. The molecule has 0 heterocycles. The van der Waals surface area contributed by atoms with Crippen LogP contribution in [0.15, 0.2) is 27.5 Å². The van der Waals surface area contributed by atoms with Crippen LogP contribution in [0.3, 0.4) is 0 Å². The second-order valence-electron chi connectivity index (χ2n) is 3.75. The molecule has 1 aliphatic rings. The molecule has 0 aromatic heterocycles. The summed E-state index contributed by atoms with van der Waals surface area (Å²) < 4.78 is 0.836. The molecule has 0 aromatic rings. The minimum atomic E-state index is 0.272. The molecule has 4 heteroatoms. The first-order valence-electron chi connectivity index (χ1n) is 4.69. The Morgan fingerprint density at radius 2 is 2.36 bits per heavy atom. The predicted octanol–water partition coefficient (Wildman–Crippen LogP) is 2.89. The van der Waals surface area contributed by atoms with E-state index in [9.17, 15) is 4.91 Å². The average Bonchev–Trinajstić information content (AvgIpc) is 2.14. The summed E-state index contributed by atoms with van der Waals surface area (Å²) in [6.07, 6.45) is 5.89. The van der Waals surface area contributed by atoms with E-state index in [2.05, 4.69) is 32.1 Å². The van der Waals surface area contributed by atoms with Crippen LogP contribution in [0.4, 0.5) is 0 Å². The van der Waals surface area contributed by atoms with Crippen LogP contribution in [0.1, 0.15) is 12.8 Å². The smallest absolute Gasteiger partial charge is 0.102 e. The third-order valence-corrected chi connectivity index (χ3v) is 3.01. The molecular weight excluding hydrogens is 244 g/mol. The monoisotopic (exact) mass is 258 g/mol. The summed E-state index contributed by atoms with van der Waals surface area (Å²) in [5.41, 5.74) is 0.661. The zero-order valence-electron chi connectivity index (χ0n) is 8.53. The van der Waals surface area contributed by atoms with Crippen molar-refractivity contribution in [2.45, 2.75) is 12.8 Å². The van der Waals surface area contributed by atoms with Crippen LogP contribution >= 0.6 is 15.9 Å². The summed E-state index contributed by atoms with van der Waals surface area (Å²) in [4.78, 5) is 12.8. The highest BCUT2D eigenvalue weighted by atomic mass is 79.9. The Hall–Kier alpha value is -0.480. The predicted molar refractivity (Wildman–Crippen MR) is 62.2 cm³/mol. The van der Waals surface area contributed by atoms with Crippen LogP contribution in [0, 0.1) is 10.8 Å². The molecule has 0 saturated carbocycles. The molecule has 0 N–H and O–H groups in total. The van der Waals surface area contributed by atoms with Gasteiger partial charge in [0.05, 0.1) is 0 Å². The summed E-state index contributed by atoms with van der Waals surface area (Å²) in [6, 6.07) is 0. The summed E-state index contributed by atoms with van der Waals surface area (Å²) >= 11 is 3.35. The molecule has 1 unspecified atom stereocenters. The fourth-order valence-electron chi connectivity index (χ4n) is 1.51. The number of hydrogen-bond acceptors (Lipinski definition) is 3. The molecule has 3 nitrogen and oxygen atoms in total. The lowest BCUT2D eigenvalue weighted by Crippen LogP contribution is -2.18. The summed E-state index contributed by atoms with van der Waals surface area (Å²) in [5.74, 6) is 0.272. The third kappa shape index (κ3) is 3.03. The van der Waals surface area contributed by atoms with Gasteiger partial charge >= 0.3 is 0 Å². The van der Waals surface area contributed by atoms with Crippen molar-refractivity contribution in [3.63, 3.8) is 0 Å². The Labute approximate surface area is 93.0 Å². The average molecular weight is 259 g/mol. The van der Waals surface area contributed by atoms with E-state index in [1.807, 2.05) is 20.2 Å². The summed E-state index contributed by atoms with van der Waals surface area (Å²) in [6.45, 7) is 0.984. The van der Waals surface area contributed by atoms with Gasteiger partial charge in [0, 0.05) is 10.4 Å². The molecule has 1 atom stereocenters. The van der Waals surface area contributed by atoms with E-state index < -0.39 is 0 Å². The highest BCUT2D eigenvalue weighted by Gasteiger charge is 2.19. The number of rotatable bonds is 4. The Morgan fingerprint density at radius 1 is 1.64 bits per heavy atom. The molecule has 0 saturated heterocycles. The van der Waals surface area contributed by atoms with E-state index in [1.54, 1.807) is 0 Å².